The lowest BCUT2D eigenvalue weighted by Gasteiger charge is -2.18. The number of esters is 1. The molecule has 1 atom stereocenters. The number of rotatable bonds is 4. The Morgan fingerprint density at radius 1 is 1.50 bits per heavy atom. The van der Waals surface area contributed by atoms with Crippen molar-refractivity contribution in [2.24, 2.45) is 0 Å². The van der Waals surface area contributed by atoms with E-state index in [1.54, 1.807) is 27.7 Å². The first-order valence-electron chi connectivity index (χ1n) is 3.75. The largest absolute Gasteiger partial charge is 0.462 e. The third-order valence-electron chi connectivity index (χ3n) is 1.22. The van der Waals surface area contributed by atoms with Gasteiger partial charge >= 0.3 is 14.6 Å². The fraction of sp³-hybridized carbons (Fsp3) is 0.857. The highest BCUT2D eigenvalue weighted by molar-refractivity contribution is 7.21. The van der Waals surface area contributed by atoms with Crippen LogP contribution in [0.4, 0.5) is 0 Å². The van der Waals surface area contributed by atoms with E-state index in [9.17, 15) is 9.36 Å². The number of carbonyl (C=O) groups is 1. The second kappa shape index (κ2) is 4.53. The van der Waals surface area contributed by atoms with Crippen molar-refractivity contribution in [3.8, 4) is 0 Å². The Balaban J connectivity index is 4.14. The fourth-order valence-corrected chi connectivity index (χ4v) is 0.897. The normalized spacial score (nSPS) is 12.1. The predicted octanol–water partition coefficient (Wildman–Crippen LogP) is 1.25. The fourth-order valence-electron chi connectivity index (χ4n) is 0.540. The zero-order chi connectivity index (χ0) is 9.78. The van der Waals surface area contributed by atoms with Crippen LogP contribution in [0.2, 0.25) is 0 Å². The zero-order valence-corrected chi connectivity index (χ0v) is 8.80. The summed E-state index contributed by atoms with van der Waals surface area (Å²) in [5.41, 5.74) is -0.871. The number of hydrogen-bond acceptors (Lipinski definition) is 3. The van der Waals surface area contributed by atoms with Crippen molar-refractivity contribution in [3.05, 3.63) is 0 Å². The van der Waals surface area contributed by atoms with E-state index in [-0.39, 0.29) is 12.1 Å². The third kappa shape index (κ3) is 3.79. The molecule has 0 rings (SSSR count). The standard InChI is InChI=1S/C7H14NO3P/c1-5(2)11-6(9)7(3,4)8-12-10/h5H,1-4H3,(H,8,10)/p+1. The molecular weight excluding hydrogens is 177 g/mol. The molecule has 0 bridgehead atoms. The first-order chi connectivity index (χ1) is 5.40. The summed E-state index contributed by atoms with van der Waals surface area (Å²) < 4.78 is 15.2. The summed E-state index contributed by atoms with van der Waals surface area (Å²) in [6.45, 7) is 6.80. The maximum absolute atomic E-state index is 11.2. The van der Waals surface area contributed by atoms with Crippen molar-refractivity contribution < 1.29 is 14.1 Å². The molecule has 0 heterocycles. The molecule has 70 valence electrons. The molecule has 0 saturated carbocycles. The van der Waals surface area contributed by atoms with Crippen LogP contribution < -0.4 is 5.09 Å². The number of hydrogen-bond donors (Lipinski definition) is 1. The Kier molecular flexibility index (Phi) is 4.35. The van der Waals surface area contributed by atoms with Gasteiger partial charge in [-0.2, -0.15) is 0 Å². The highest BCUT2D eigenvalue weighted by atomic mass is 31.1. The van der Waals surface area contributed by atoms with E-state index in [4.69, 9.17) is 4.74 Å². The van der Waals surface area contributed by atoms with Gasteiger partial charge in [0.1, 0.15) is 0 Å². The van der Waals surface area contributed by atoms with Gasteiger partial charge in [-0.1, -0.05) is 9.65 Å². The summed E-state index contributed by atoms with van der Waals surface area (Å²) in [7, 11) is -0.702. The van der Waals surface area contributed by atoms with E-state index in [0.29, 0.717) is 0 Å². The van der Waals surface area contributed by atoms with Gasteiger partial charge in [-0.25, -0.2) is 4.79 Å². The Labute approximate surface area is 73.9 Å². The van der Waals surface area contributed by atoms with E-state index >= 15 is 0 Å². The van der Waals surface area contributed by atoms with Crippen LogP contribution in [0.5, 0.6) is 0 Å². The average molecular weight is 192 g/mol. The van der Waals surface area contributed by atoms with Crippen LogP contribution in [0.1, 0.15) is 27.7 Å². The van der Waals surface area contributed by atoms with E-state index in [2.05, 4.69) is 5.09 Å². The minimum absolute atomic E-state index is 0.145. The van der Waals surface area contributed by atoms with E-state index < -0.39 is 14.1 Å². The molecule has 0 radical (unpaired) electrons. The molecule has 0 amide bonds. The SMILES string of the molecule is CC(C)OC(=O)C(C)(C)N[PH+]=O. The zero-order valence-electron chi connectivity index (χ0n) is 7.80. The molecule has 5 heteroatoms. The Bertz CT molecular complexity index is 179. The monoisotopic (exact) mass is 192 g/mol. The number of nitrogens with one attached hydrogen (secondary N) is 1. The number of carbonyl (C=O) groups excluding carboxylic acids is 1. The van der Waals surface area contributed by atoms with Gasteiger partial charge in [0, 0.05) is 0 Å². The van der Waals surface area contributed by atoms with Gasteiger partial charge in [0.15, 0.2) is 5.54 Å². The maximum atomic E-state index is 11.2. The lowest BCUT2D eigenvalue weighted by Crippen LogP contribution is -2.44. The van der Waals surface area contributed by atoms with E-state index in [1.807, 2.05) is 0 Å². The summed E-state index contributed by atoms with van der Waals surface area (Å²) in [4.78, 5) is 11.2. The second-order valence-corrected chi connectivity index (χ2v) is 3.76. The highest BCUT2D eigenvalue weighted by Crippen LogP contribution is 2.09. The van der Waals surface area contributed by atoms with Crippen LogP contribution in [-0.2, 0) is 14.1 Å². The van der Waals surface area contributed by atoms with E-state index in [1.165, 1.54) is 0 Å². The molecule has 12 heavy (non-hydrogen) atoms. The quantitative estimate of drug-likeness (QED) is 0.538. The third-order valence-corrected chi connectivity index (χ3v) is 1.94. The van der Waals surface area contributed by atoms with Crippen LogP contribution in [-0.4, -0.2) is 17.6 Å². The van der Waals surface area contributed by atoms with Crippen molar-refractivity contribution in [3.63, 3.8) is 0 Å². The van der Waals surface area contributed by atoms with Crippen molar-refractivity contribution in [2.75, 3.05) is 0 Å². The van der Waals surface area contributed by atoms with Gasteiger partial charge in [0.05, 0.1) is 6.10 Å². The molecule has 0 aliphatic heterocycles. The second-order valence-electron chi connectivity index (χ2n) is 3.31. The molecule has 0 aliphatic rings. The predicted molar refractivity (Wildman–Crippen MR) is 47.4 cm³/mol. The van der Waals surface area contributed by atoms with Gasteiger partial charge in [-0.15, -0.1) is 0 Å². The summed E-state index contributed by atoms with van der Waals surface area (Å²) in [5, 5.41) is 2.52. The molecule has 0 saturated heterocycles. The topological polar surface area (TPSA) is 55.4 Å². The van der Waals surface area contributed by atoms with Crippen LogP contribution in [0.25, 0.3) is 0 Å². The molecule has 0 aliphatic carbocycles. The Morgan fingerprint density at radius 2 is 2.00 bits per heavy atom. The molecule has 1 N–H and O–H groups in total. The van der Waals surface area contributed by atoms with Gasteiger partial charge in [-0.3, -0.25) is 0 Å². The summed E-state index contributed by atoms with van der Waals surface area (Å²) in [6.07, 6.45) is -0.145. The molecule has 0 aromatic rings. The average Bonchev–Trinajstić information content (AvgIpc) is 1.85. The first kappa shape index (κ1) is 11.5. The molecule has 0 spiro atoms. The highest BCUT2D eigenvalue weighted by Gasteiger charge is 2.32. The van der Waals surface area contributed by atoms with Crippen LogP contribution in [0, 0.1) is 0 Å². The van der Waals surface area contributed by atoms with Gasteiger partial charge in [0.2, 0.25) is 0 Å². The lowest BCUT2D eigenvalue weighted by atomic mass is 10.1. The number of ether oxygens (including phenoxy) is 1. The smallest absolute Gasteiger partial charge is 0.419 e. The summed E-state index contributed by atoms with van der Waals surface area (Å²) >= 11 is 0. The minimum atomic E-state index is -0.871. The van der Waals surface area contributed by atoms with Crippen molar-refractivity contribution in [1.29, 1.82) is 0 Å². The van der Waals surface area contributed by atoms with Gasteiger partial charge in [-0.05, 0) is 27.7 Å². The van der Waals surface area contributed by atoms with Crippen LogP contribution in [0.3, 0.4) is 0 Å². The summed E-state index contributed by atoms with van der Waals surface area (Å²) in [5.74, 6) is -0.388. The van der Waals surface area contributed by atoms with Crippen LogP contribution >= 0.6 is 8.61 Å². The Hall–Kier alpha value is -0.470. The molecule has 0 fully saturated rings. The summed E-state index contributed by atoms with van der Waals surface area (Å²) in [6, 6.07) is 0. The Morgan fingerprint density at radius 3 is 2.33 bits per heavy atom. The molecule has 4 nitrogen and oxygen atoms in total. The minimum Gasteiger partial charge on any atom is -0.462 e. The van der Waals surface area contributed by atoms with Crippen molar-refractivity contribution >= 4 is 14.6 Å². The molecular formula is C7H15NO3P+. The molecule has 1 unspecified atom stereocenters. The van der Waals surface area contributed by atoms with Gasteiger partial charge < -0.3 is 4.74 Å². The maximum Gasteiger partial charge on any atom is 0.419 e. The van der Waals surface area contributed by atoms with Crippen molar-refractivity contribution in [1.82, 2.24) is 5.09 Å². The first-order valence-corrected chi connectivity index (χ1v) is 4.66. The molecule has 0 aromatic heterocycles. The van der Waals surface area contributed by atoms with Crippen LogP contribution in [0.15, 0.2) is 0 Å². The van der Waals surface area contributed by atoms with E-state index in [0.717, 1.165) is 0 Å². The lowest BCUT2D eigenvalue weighted by molar-refractivity contribution is -0.153. The molecule has 0 aromatic carbocycles. The van der Waals surface area contributed by atoms with Gasteiger partial charge in [0.25, 0.3) is 0 Å². The van der Waals surface area contributed by atoms with Crippen molar-refractivity contribution in [2.45, 2.75) is 39.3 Å².